The van der Waals surface area contributed by atoms with Crippen LogP contribution in [0.3, 0.4) is 0 Å². The van der Waals surface area contributed by atoms with Crippen molar-refractivity contribution in [2.75, 3.05) is 13.2 Å². The Morgan fingerprint density at radius 3 is 2.95 bits per heavy atom. The summed E-state index contributed by atoms with van der Waals surface area (Å²) in [4.78, 5) is 4.54. The summed E-state index contributed by atoms with van der Waals surface area (Å²) in [6.07, 6.45) is 7.96. The van der Waals surface area contributed by atoms with Crippen molar-refractivity contribution in [2.45, 2.75) is 12.5 Å². The van der Waals surface area contributed by atoms with Gasteiger partial charge < -0.3 is 9.47 Å². The average molecular weight is 320 g/mol. The highest BCUT2D eigenvalue weighted by atomic mass is 35.5. The van der Waals surface area contributed by atoms with Crippen LogP contribution >= 0.6 is 11.6 Å². The van der Waals surface area contributed by atoms with E-state index in [0.717, 1.165) is 17.5 Å². The van der Waals surface area contributed by atoms with E-state index in [2.05, 4.69) is 15.2 Å². The number of aromatic nitrogens is 5. The number of hydrogen-bond donors (Lipinski definition) is 0. The van der Waals surface area contributed by atoms with Crippen molar-refractivity contribution in [3.8, 4) is 17.0 Å². The topological polar surface area (TPSA) is 66.5 Å². The Morgan fingerprint density at radius 1 is 1.32 bits per heavy atom. The molecule has 0 N–H and O–H groups in total. The lowest BCUT2D eigenvalue weighted by atomic mass is 10.2. The summed E-state index contributed by atoms with van der Waals surface area (Å²) in [5.74, 6) is 0.526. The Labute approximate surface area is 131 Å². The highest BCUT2D eigenvalue weighted by Gasteiger charge is 2.22. The van der Waals surface area contributed by atoms with E-state index in [1.165, 1.54) is 0 Å². The first-order chi connectivity index (χ1) is 10.7. The maximum absolute atomic E-state index is 6.12. The molecule has 0 radical (unpaired) electrons. The van der Waals surface area contributed by atoms with Crippen LogP contribution in [0.5, 0.6) is 5.88 Å². The third-order valence-electron chi connectivity index (χ3n) is 3.60. The first-order valence-corrected chi connectivity index (χ1v) is 7.36. The Morgan fingerprint density at radius 2 is 2.23 bits per heavy atom. The second-order valence-electron chi connectivity index (χ2n) is 5.23. The lowest BCUT2D eigenvalue weighted by Crippen LogP contribution is -2.17. The van der Waals surface area contributed by atoms with Gasteiger partial charge in [0.15, 0.2) is 5.65 Å². The summed E-state index contributed by atoms with van der Waals surface area (Å²) >= 11 is 6.12. The van der Waals surface area contributed by atoms with Gasteiger partial charge >= 0.3 is 0 Å². The molecule has 0 spiro atoms. The minimum Gasteiger partial charge on any atom is -0.471 e. The van der Waals surface area contributed by atoms with Crippen molar-refractivity contribution < 1.29 is 9.47 Å². The molecule has 7 nitrogen and oxygen atoms in total. The van der Waals surface area contributed by atoms with Gasteiger partial charge in [-0.05, 0) is 0 Å². The van der Waals surface area contributed by atoms with Gasteiger partial charge in [-0.2, -0.15) is 15.2 Å². The average Bonchev–Trinajstić information content (AvgIpc) is 3.22. The van der Waals surface area contributed by atoms with Crippen LogP contribution in [0.4, 0.5) is 0 Å². The van der Waals surface area contributed by atoms with E-state index in [1.807, 2.05) is 19.4 Å². The van der Waals surface area contributed by atoms with Gasteiger partial charge in [0.1, 0.15) is 11.1 Å². The number of fused-ring (bicyclic) bond motifs is 1. The van der Waals surface area contributed by atoms with Crippen molar-refractivity contribution >= 4 is 17.2 Å². The Hall–Kier alpha value is -2.12. The van der Waals surface area contributed by atoms with E-state index in [-0.39, 0.29) is 6.10 Å². The van der Waals surface area contributed by atoms with Crippen LogP contribution in [0, 0.1) is 0 Å². The molecule has 1 fully saturated rings. The molecule has 1 aliphatic heterocycles. The lowest BCUT2D eigenvalue weighted by Gasteiger charge is -2.14. The van der Waals surface area contributed by atoms with Gasteiger partial charge in [0.05, 0.1) is 31.2 Å². The highest BCUT2D eigenvalue weighted by molar-refractivity contribution is 6.33. The molecule has 1 aliphatic rings. The number of rotatable bonds is 3. The van der Waals surface area contributed by atoms with Crippen LogP contribution in [-0.4, -0.2) is 43.7 Å². The summed E-state index contributed by atoms with van der Waals surface area (Å²) in [5.41, 5.74) is 2.31. The molecule has 4 rings (SSSR count). The fourth-order valence-electron chi connectivity index (χ4n) is 2.48. The number of hydrogen-bond acceptors (Lipinski definition) is 5. The molecule has 3 aromatic heterocycles. The van der Waals surface area contributed by atoms with Crippen LogP contribution in [0.1, 0.15) is 6.42 Å². The van der Waals surface area contributed by atoms with E-state index >= 15 is 0 Å². The van der Waals surface area contributed by atoms with E-state index < -0.39 is 0 Å². The van der Waals surface area contributed by atoms with Gasteiger partial charge in [-0.1, -0.05) is 11.6 Å². The third-order valence-corrected chi connectivity index (χ3v) is 3.86. The Balaban J connectivity index is 1.83. The van der Waals surface area contributed by atoms with Gasteiger partial charge in [0.25, 0.3) is 0 Å². The summed E-state index contributed by atoms with van der Waals surface area (Å²) in [5, 5.41) is 8.89. The number of nitrogens with zero attached hydrogens (tertiary/aromatic N) is 5. The molecule has 22 heavy (non-hydrogen) atoms. The fraction of sp³-hybridized carbons (Fsp3) is 0.357. The zero-order valence-electron chi connectivity index (χ0n) is 11.9. The number of aryl methyl sites for hydroxylation is 1. The molecule has 1 unspecified atom stereocenters. The van der Waals surface area contributed by atoms with Crippen LogP contribution in [0.25, 0.3) is 16.8 Å². The summed E-state index contributed by atoms with van der Waals surface area (Å²) < 4.78 is 14.8. The Kier molecular flexibility index (Phi) is 3.24. The number of halogens is 1. The second kappa shape index (κ2) is 5.26. The molecule has 0 aromatic carbocycles. The maximum Gasteiger partial charge on any atom is 0.225 e. The third kappa shape index (κ3) is 2.32. The molecule has 114 valence electrons. The largest absolute Gasteiger partial charge is 0.471 e. The van der Waals surface area contributed by atoms with Gasteiger partial charge in [0, 0.05) is 31.4 Å². The molecule has 8 heteroatoms. The standard InChI is InChI=1S/C14H14ClN5O2/c1-19-6-9(4-16-19)11-7-20-13(12(15)5-17-20)18-14(11)22-10-2-3-21-8-10/h4-7,10H,2-3,8H2,1H3. The van der Waals surface area contributed by atoms with E-state index in [4.69, 9.17) is 21.1 Å². The van der Waals surface area contributed by atoms with Crippen LogP contribution in [0.2, 0.25) is 5.02 Å². The first kappa shape index (κ1) is 13.5. The monoisotopic (exact) mass is 319 g/mol. The van der Waals surface area contributed by atoms with Gasteiger partial charge in [-0.15, -0.1) is 0 Å². The zero-order valence-corrected chi connectivity index (χ0v) is 12.7. The molecule has 1 saturated heterocycles. The van der Waals surface area contributed by atoms with E-state index in [9.17, 15) is 0 Å². The molecule has 0 amide bonds. The Bertz CT molecular complexity index is 822. The quantitative estimate of drug-likeness (QED) is 0.738. The number of ether oxygens (including phenoxy) is 2. The predicted molar refractivity (Wildman–Crippen MR) is 80.1 cm³/mol. The SMILES string of the molecule is Cn1cc(-c2cn3ncc(Cl)c3nc2OC2CCOC2)cn1. The molecule has 0 saturated carbocycles. The molecular weight excluding hydrogens is 306 g/mol. The predicted octanol–water partition coefficient (Wildman–Crippen LogP) is 1.95. The van der Waals surface area contributed by atoms with Crippen LogP contribution in [0.15, 0.2) is 24.8 Å². The maximum atomic E-state index is 6.12. The minimum absolute atomic E-state index is 0.00654. The summed E-state index contributed by atoms with van der Waals surface area (Å²) in [7, 11) is 1.87. The fourth-order valence-corrected chi connectivity index (χ4v) is 2.65. The van der Waals surface area contributed by atoms with Gasteiger partial charge in [0.2, 0.25) is 5.88 Å². The normalized spacial score (nSPS) is 18.2. The summed E-state index contributed by atoms with van der Waals surface area (Å²) in [6, 6.07) is 0. The van der Waals surface area contributed by atoms with Crippen LogP contribution < -0.4 is 4.74 Å². The molecular formula is C14H14ClN5O2. The van der Waals surface area contributed by atoms with Gasteiger partial charge in [-0.3, -0.25) is 4.68 Å². The second-order valence-corrected chi connectivity index (χ2v) is 5.63. The van der Waals surface area contributed by atoms with Gasteiger partial charge in [-0.25, -0.2) is 4.52 Å². The minimum atomic E-state index is 0.00654. The van der Waals surface area contributed by atoms with E-state index in [1.54, 1.807) is 21.6 Å². The van der Waals surface area contributed by atoms with Crippen LogP contribution in [-0.2, 0) is 11.8 Å². The highest BCUT2D eigenvalue weighted by Crippen LogP contribution is 2.31. The van der Waals surface area contributed by atoms with E-state index in [0.29, 0.717) is 29.8 Å². The van der Waals surface area contributed by atoms with Crippen molar-refractivity contribution in [3.63, 3.8) is 0 Å². The first-order valence-electron chi connectivity index (χ1n) is 6.98. The zero-order chi connectivity index (χ0) is 15.1. The molecule has 3 aromatic rings. The molecule has 0 bridgehead atoms. The molecule has 0 aliphatic carbocycles. The smallest absolute Gasteiger partial charge is 0.225 e. The molecule has 1 atom stereocenters. The summed E-state index contributed by atoms with van der Waals surface area (Å²) in [6.45, 7) is 1.29. The van der Waals surface area contributed by atoms with Crippen molar-refractivity contribution in [3.05, 3.63) is 29.8 Å². The molecule has 4 heterocycles. The lowest BCUT2D eigenvalue weighted by molar-refractivity contribution is 0.138. The van der Waals surface area contributed by atoms with Crippen molar-refractivity contribution in [2.24, 2.45) is 7.05 Å². The van der Waals surface area contributed by atoms with Crippen molar-refractivity contribution in [1.29, 1.82) is 0 Å². The van der Waals surface area contributed by atoms with Crippen molar-refractivity contribution in [1.82, 2.24) is 24.4 Å².